The van der Waals surface area contributed by atoms with E-state index in [2.05, 4.69) is 0 Å². The third-order valence-electron chi connectivity index (χ3n) is 4.61. The highest BCUT2D eigenvalue weighted by Gasteiger charge is 2.34. The van der Waals surface area contributed by atoms with Gasteiger partial charge in [0.1, 0.15) is 5.75 Å². The smallest absolute Gasteiger partial charge is 0.260 e. The van der Waals surface area contributed by atoms with Crippen LogP contribution in [0, 0.1) is 0 Å². The average Bonchev–Trinajstić information content (AvgIpc) is 2.99. The zero-order chi connectivity index (χ0) is 18.6. The minimum atomic E-state index is -3.07. The summed E-state index contributed by atoms with van der Waals surface area (Å²) in [6.07, 6.45) is 0.464. The quantitative estimate of drug-likeness (QED) is 0.737. The van der Waals surface area contributed by atoms with Gasteiger partial charge >= 0.3 is 0 Å². The van der Waals surface area contributed by atoms with Gasteiger partial charge in [-0.05, 0) is 17.9 Å². The van der Waals surface area contributed by atoms with Crippen molar-refractivity contribution in [1.29, 1.82) is 0 Å². The predicted octanol–water partition coefficient (Wildman–Crippen LogP) is 1.88. The number of amides is 1. The second-order valence-electron chi connectivity index (χ2n) is 6.40. The predicted molar refractivity (Wildman–Crippen MR) is 100 cm³/mol. The first-order valence-electron chi connectivity index (χ1n) is 8.59. The number of rotatable bonds is 7. The molecule has 0 radical (unpaired) electrons. The fraction of sp³-hybridized carbons (Fsp3) is 0.421. The molecule has 140 valence electrons. The molecule has 0 aliphatic carbocycles. The number of carbonyl (C=O) groups excluding carboxylic acids is 1. The van der Waals surface area contributed by atoms with Crippen LogP contribution in [0.1, 0.15) is 6.42 Å². The van der Waals surface area contributed by atoms with Crippen LogP contribution >= 0.6 is 0 Å². The second kappa shape index (κ2) is 8.05. The Hall–Kier alpha value is -2.12. The number of ether oxygens (including phenoxy) is 2. The van der Waals surface area contributed by atoms with E-state index in [0.29, 0.717) is 25.3 Å². The molecule has 0 bridgehead atoms. The molecule has 26 heavy (non-hydrogen) atoms. The van der Waals surface area contributed by atoms with E-state index in [1.54, 1.807) is 12.0 Å². The molecule has 1 heterocycles. The Morgan fingerprint density at radius 3 is 2.69 bits per heavy atom. The van der Waals surface area contributed by atoms with Gasteiger partial charge in [0, 0.05) is 25.1 Å². The molecule has 1 aliphatic heterocycles. The van der Waals surface area contributed by atoms with E-state index >= 15 is 0 Å². The number of hydrogen-bond donors (Lipinski definition) is 0. The highest BCUT2D eigenvalue weighted by atomic mass is 32.2. The van der Waals surface area contributed by atoms with Crippen molar-refractivity contribution in [3.8, 4) is 5.75 Å². The lowest BCUT2D eigenvalue weighted by molar-refractivity contribution is -0.135. The molecule has 1 saturated heterocycles. The third kappa shape index (κ3) is 4.34. The highest BCUT2D eigenvalue weighted by Crippen LogP contribution is 2.25. The molecule has 0 spiro atoms. The first-order chi connectivity index (χ1) is 12.5. The Morgan fingerprint density at radius 2 is 1.96 bits per heavy atom. The van der Waals surface area contributed by atoms with Gasteiger partial charge in [-0.1, -0.05) is 36.4 Å². The fourth-order valence-corrected chi connectivity index (χ4v) is 5.00. The number of fused-ring (bicyclic) bond motifs is 1. The van der Waals surface area contributed by atoms with Crippen LogP contribution in [0.3, 0.4) is 0 Å². The summed E-state index contributed by atoms with van der Waals surface area (Å²) in [5, 5.41) is 1.98. The van der Waals surface area contributed by atoms with Crippen LogP contribution in [0.5, 0.6) is 5.75 Å². The van der Waals surface area contributed by atoms with Gasteiger partial charge in [-0.15, -0.1) is 0 Å². The molecule has 3 rings (SSSR count). The molecule has 1 amide bonds. The van der Waals surface area contributed by atoms with Gasteiger partial charge in [-0.2, -0.15) is 0 Å². The van der Waals surface area contributed by atoms with E-state index in [-0.39, 0.29) is 30.1 Å². The van der Waals surface area contributed by atoms with Crippen LogP contribution in [0.4, 0.5) is 0 Å². The van der Waals surface area contributed by atoms with E-state index in [4.69, 9.17) is 9.47 Å². The summed E-state index contributed by atoms with van der Waals surface area (Å²) in [6, 6.07) is 13.2. The van der Waals surface area contributed by atoms with Crippen molar-refractivity contribution in [3.05, 3.63) is 42.5 Å². The van der Waals surface area contributed by atoms with Crippen molar-refractivity contribution >= 4 is 26.5 Å². The van der Waals surface area contributed by atoms with Crippen molar-refractivity contribution in [2.75, 3.05) is 38.4 Å². The lowest BCUT2D eigenvalue weighted by Crippen LogP contribution is -2.45. The summed E-state index contributed by atoms with van der Waals surface area (Å²) >= 11 is 0. The van der Waals surface area contributed by atoms with Crippen LogP contribution in [0.25, 0.3) is 10.8 Å². The van der Waals surface area contributed by atoms with E-state index in [9.17, 15) is 13.2 Å². The van der Waals surface area contributed by atoms with Gasteiger partial charge in [0.05, 0.1) is 18.1 Å². The molecule has 0 N–H and O–H groups in total. The van der Waals surface area contributed by atoms with E-state index < -0.39 is 9.84 Å². The maximum atomic E-state index is 12.7. The number of methoxy groups -OCH3 is 1. The summed E-state index contributed by atoms with van der Waals surface area (Å²) in [7, 11) is -1.51. The van der Waals surface area contributed by atoms with E-state index in [1.807, 2.05) is 42.5 Å². The Morgan fingerprint density at radius 1 is 1.19 bits per heavy atom. The summed E-state index contributed by atoms with van der Waals surface area (Å²) in [5.41, 5.74) is 0. The summed E-state index contributed by atoms with van der Waals surface area (Å²) in [5.74, 6) is 0.550. The molecule has 2 aromatic rings. The Bertz CT molecular complexity index is 875. The lowest BCUT2D eigenvalue weighted by Gasteiger charge is -2.28. The van der Waals surface area contributed by atoms with E-state index in [1.165, 1.54) is 0 Å². The zero-order valence-electron chi connectivity index (χ0n) is 14.8. The Labute approximate surface area is 153 Å². The van der Waals surface area contributed by atoms with Crippen molar-refractivity contribution in [3.63, 3.8) is 0 Å². The van der Waals surface area contributed by atoms with Crippen LogP contribution in [-0.4, -0.2) is 63.6 Å². The standard InChI is InChI=1S/C19H23NO5S/c1-24-11-10-20(16-9-12-26(22,23)14-16)19(21)13-25-18-8-4-6-15-5-2-3-7-17(15)18/h2-8,16H,9-14H2,1H3/t16-/m1/s1. The second-order valence-corrected chi connectivity index (χ2v) is 8.63. The van der Waals surface area contributed by atoms with Crippen LogP contribution in [-0.2, 0) is 19.4 Å². The molecular formula is C19H23NO5S. The lowest BCUT2D eigenvalue weighted by atomic mass is 10.1. The first kappa shape index (κ1) is 18.7. The summed E-state index contributed by atoms with van der Waals surface area (Å²) in [4.78, 5) is 14.3. The molecular weight excluding hydrogens is 354 g/mol. The van der Waals surface area contributed by atoms with E-state index in [0.717, 1.165) is 10.8 Å². The van der Waals surface area contributed by atoms with Crippen molar-refractivity contribution in [2.45, 2.75) is 12.5 Å². The Balaban J connectivity index is 1.71. The molecule has 1 fully saturated rings. The number of benzene rings is 2. The first-order valence-corrected chi connectivity index (χ1v) is 10.4. The number of sulfone groups is 1. The maximum Gasteiger partial charge on any atom is 0.260 e. The fourth-order valence-electron chi connectivity index (χ4n) is 3.27. The summed E-state index contributed by atoms with van der Waals surface area (Å²) < 4.78 is 34.4. The zero-order valence-corrected chi connectivity index (χ0v) is 15.6. The third-order valence-corrected chi connectivity index (χ3v) is 6.36. The molecule has 0 unspecified atom stereocenters. The van der Waals surface area contributed by atoms with Crippen LogP contribution < -0.4 is 4.74 Å². The van der Waals surface area contributed by atoms with Gasteiger partial charge in [0.2, 0.25) is 0 Å². The van der Waals surface area contributed by atoms with Crippen LogP contribution in [0.15, 0.2) is 42.5 Å². The average molecular weight is 377 g/mol. The SMILES string of the molecule is COCCN(C(=O)COc1cccc2ccccc12)[C@@H]1CCS(=O)(=O)C1. The minimum absolute atomic E-state index is 0.0106. The number of hydrogen-bond acceptors (Lipinski definition) is 5. The molecule has 1 atom stereocenters. The normalized spacial score (nSPS) is 18.7. The highest BCUT2D eigenvalue weighted by molar-refractivity contribution is 7.91. The maximum absolute atomic E-state index is 12.7. The van der Waals surface area contributed by atoms with Crippen LogP contribution in [0.2, 0.25) is 0 Å². The van der Waals surface area contributed by atoms with Gasteiger partial charge in [-0.25, -0.2) is 8.42 Å². The molecule has 0 aromatic heterocycles. The molecule has 1 aliphatic rings. The van der Waals surface area contributed by atoms with Gasteiger partial charge in [0.15, 0.2) is 16.4 Å². The number of carbonyl (C=O) groups is 1. The Kier molecular flexibility index (Phi) is 5.78. The molecule has 0 saturated carbocycles. The van der Waals surface area contributed by atoms with Crippen molar-refractivity contribution in [2.24, 2.45) is 0 Å². The minimum Gasteiger partial charge on any atom is -0.483 e. The summed E-state index contributed by atoms with van der Waals surface area (Å²) in [6.45, 7) is 0.583. The largest absolute Gasteiger partial charge is 0.483 e. The number of nitrogens with zero attached hydrogens (tertiary/aromatic N) is 1. The van der Waals surface area contributed by atoms with Crippen molar-refractivity contribution < 1.29 is 22.7 Å². The monoisotopic (exact) mass is 377 g/mol. The molecule has 7 heteroatoms. The van der Waals surface area contributed by atoms with Gasteiger partial charge in [0.25, 0.3) is 5.91 Å². The molecule has 2 aromatic carbocycles. The topological polar surface area (TPSA) is 72.9 Å². The van der Waals surface area contributed by atoms with Crippen molar-refractivity contribution in [1.82, 2.24) is 4.90 Å². The van der Waals surface area contributed by atoms with Gasteiger partial charge < -0.3 is 14.4 Å². The van der Waals surface area contributed by atoms with Gasteiger partial charge in [-0.3, -0.25) is 4.79 Å². The molecule has 6 nitrogen and oxygen atoms in total.